The van der Waals surface area contributed by atoms with Crippen molar-refractivity contribution in [1.82, 2.24) is 4.90 Å². The second-order valence-electron chi connectivity index (χ2n) is 7.59. The molecule has 0 radical (unpaired) electrons. The van der Waals surface area contributed by atoms with Crippen LogP contribution in [0, 0.1) is 5.92 Å². The highest BCUT2D eigenvalue weighted by Crippen LogP contribution is 2.44. The third-order valence-corrected chi connectivity index (χ3v) is 6.03. The van der Waals surface area contributed by atoms with Gasteiger partial charge in [0.2, 0.25) is 0 Å². The van der Waals surface area contributed by atoms with Crippen molar-refractivity contribution >= 4 is 6.09 Å². The van der Waals surface area contributed by atoms with E-state index in [1.807, 2.05) is 24.3 Å². The molecule has 1 aliphatic heterocycles. The molecule has 1 heterocycles. The molecule has 1 amide bonds. The van der Waals surface area contributed by atoms with Crippen LogP contribution in [0.3, 0.4) is 0 Å². The van der Waals surface area contributed by atoms with E-state index in [4.69, 9.17) is 4.74 Å². The minimum absolute atomic E-state index is 0.0151. The highest BCUT2D eigenvalue weighted by molar-refractivity contribution is 5.79. The minimum Gasteiger partial charge on any atom is -0.448 e. The van der Waals surface area contributed by atoms with Gasteiger partial charge in [0, 0.05) is 31.3 Å². The van der Waals surface area contributed by atoms with Gasteiger partial charge in [0.05, 0.1) is 6.61 Å². The van der Waals surface area contributed by atoms with Gasteiger partial charge in [-0.1, -0.05) is 55.5 Å². The number of hydrogen-bond donors (Lipinski definition) is 1. The maximum atomic E-state index is 14.5. The average molecular weight is 369 g/mol. The number of fused-ring (bicyclic) bond motifs is 3. The van der Waals surface area contributed by atoms with E-state index in [1.165, 1.54) is 22.3 Å². The summed E-state index contributed by atoms with van der Waals surface area (Å²) in [6.45, 7) is 2.00. The predicted molar refractivity (Wildman–Crippen MR) is 101 cm³/mol. The van der Waals surface area contributed by atoms with Gasteiger partial charge in [-0.3, -0.25) is 0 Å². The molecular formula is C22H24FNO3. The van der Waals surface area contributed by atoms with Crippen molar-refractivity contribution in [2.24, 2.45) is 5.92 Å². The molecule has 4 rings (SSSR count). The number of ether oxygens (including phenoxy) is 1. The molecule has 0 spiro atoms. The lowest BCUT2D eigenvalue weighted by Gasteiger charge is -2.39. The topological polar surface area (TPSA) is 49.8 Å². The van der Waals surface area contributed by atoms with Crippen LogP contribution in [-0.2, 0) is 4.74 Å². The average Bonchev–Trinajstić information content (AvgIpc) is 3.02. The fourth-order valence-electron chi connectivity index (χ4n) is 4.24. The van der Waals surface area contributed by atoms with E-state index in [-0.39, 0.29) is 32.0 Å². The molecule has 2 aromatic carbocycles. The molecule has 0 aromatic heterocycles. The summed E-state index contributed by atoms with van der Waals surface area (Å²) in [5.74, 6) is -0.405. The van der Waals surface area contributed by atoms with Crippen molar-refractivity contribution in [2.75, 3.05) is 26.3 Å². The standard InChI is InChI=1S/C22H24FNO3/c1-15-12-24(11-10-22(15,23)14-25)21(26)27-13-20-18-8-4-2-6-16(18)17-7-3-5-9-19(17)20/h2-9,15,20,25H,10-14H2,1H3. The molecule has 2 aliphatic rings. The summed E-state index contributed by atoms with van der Waals surface area (Å²) in [4.78, 5) is 14.1. The molecule has 0 bridgehead atoms. The summed E-state index contributed by atoms with van der Waals surface area (Å²) in [7, 11) is 0. The summed E-state index contributed by atoms with van der Waals surface area (Å²) in [6.07, 6.45) is -0.279. The van der Waals surface area contributed by atoms with E-state index in [9.17, 15) is 14.3 Å². The third-order valence-electron chi connectivity index (χ3n) is 6.03. The number of carbonyl (C=O) groups excluding carboxylic acids is 1. The first-order chi connectivity index (χ1) is 13.0. The molecule has 142 valence electrons. The van der Waals surface area contributed by atoms with Crippen LogP contribution in [0.25, 0.3) is 11.1 Å². The van der Waals surface area contributed by atoms with Crippen LogP contribution in [0.5, 0.6) is 0 Å². The Kier molecular flexibility index (Phi) is 4.64. The predicted octanol–water partition coefficient (Wildman–Crippen LogP) is 3.98. The van der Waals surface area contributed by atoms with Crippen LogP contribution >= 0.6 is 0 Å². The molecule has 27 heavy (non-hydrogen) atoms. The van der Waals surface area contributed by atoms with Crippen LogP contribution < -0.4 is 0 Å². The first-order valence-corrected chi connectivity index (χ1v) is 9.43. The third kappa shape index (κ3) is 3.10. The summed E-state index contributed by atoms with van der Waals surface area (Å²) in [5.41, 5.74) is 3.10. The molecule has 5 heteroatoms. The lowest BCUT2D eigenvalue weighted by atomic mass is 9.84. The molecule has 1 fully saturated rings. The van der Waals surface area contributed by atoms with E-state index in [0.29, 0.717) is 0 Å². The van der Waals surface area contributed by atoms with Crippen molar-refractivity contribution in [3.8, 4) is 11.1 Å². The number of carbonyl (C=O) groups is 1. The van der Waals surface area contributed by atoms with Gasteiger partial charge >= 0.3 is 6.09 Å². The molecule has 4 nitrogen and oxygen atoms in total. The van der Waals surface area contributed by atoms with Gasteiger partial charge < -0.3 is 14.7 Å². The highest BCUT2D eigenvalue weighted by atomic mass is 19.1. The van der Waals surface area contributed by atoms with Gasteiger partial charge in [-0.05, 0) is 22.3 Å². The van der Waals surface area contributed by atoms with Crippen molar-refractivity contribution in [3.05, 3.63) is 59.7 Å². The smallest absolute Gasteiger partial charge is 0.409 e. The zero-order valence-electron chi connectivity index (χ0n) is 15.4. The fourth-order valence-corrected chi connectivity index (χ4v) is 4.24. The Hall–Kier alpha value is -2.40. The number of halogens is 1. The van der Waals surface area contributed by atoms with Gasteiger partial charge in [-0.15, -0.1) is 0 Å². The van der Waals surface area contributed by atoms with E-state index >= 15 is 0 Å². The Balaban J connectivity index is 1.46. The summed E-state index contributed by atoms with van der Waals surface area (Å²) in [6, 6.07) is 16.4. The van der Waals surface area contributed by atoms with Crippen LogP contribution in [0.15, 0.2) is 48.5 Å². The molecule has 1 N–H and O–H groups in total. The minimum atomic E-state index is -1.61. The fraction of sp³-hybridized carbons (Fsp3) is 0.409. The van der Waals surface area contributed by atoms with Crippen LogP contribution in [0.2, 0.25) is 0 Å². The Bertz CT molecular complexity index is 809. The summed E-state index contributed by atoms with van der Waals surface area (Å²) < 4.78 is 20.1. The first kappa shape index (κ1) is 18.0. The Morgan fingerprint density at radius 1 is 1.19 bits per heavy atom. The zero-order chi connectivity index (χ0) is 19.0. The molecule has 0 saturated carbocycles. The second kappa shape index (κ2) is 6.97. The summed E-state index contributed by atoms with van der Waals surface area (Å²) >= 11 is 0. The van der Waals surface area contributed by atoms with Gasteiger partial charge in [-0.25, -0.2) is 9.18 Å². The number of rotatable bonds is 3. The summed E-state index contributed by atoms with van der Waals surface area (Å²) in [5, 5.41) is 9.27. The van der Waals surface area contributed by atoms with Gasteiger partial charge in [0.25, 0.3) is 0 Å². The maximum absolute atomic E-state index is 14.5. The van der Waals surface area contributed by atoms with E-state index in [1.54, 1.807) is 11.8 Å². The van der Waals surface area contributed by atoms with E-state index < -0.39 is 24.3 Å². The Morgan fingerprint density at radius 2 is 1.78 bits per heavy atom. The van der Waals surface area contributed by atoms with Crippen molar-refractivity contribution in [3.63, 3.8) is 0 Å². The van der Waals surface area contributed by atoms with Crippen molar-refractivity contribution in [2.45, 2.75) is 24.9 Å². The van der Waals surface area contributed by atoms with Gasteiger partial charge in [0.15, 0.2) is 0 Å². The Labute approximate surface area is 158 Å². The number of amides is 1. The van der Waals surface area contributed by atoms with Crippen LogP contribution in [0.1, 0.15) is 30.4 Å². The van der Waals surface area contributed by atoms with Crippen molar-refractivity contribution in [1.29, 1.82) is 0 Å². The number of benzene rings is 2. The van der Waals surface area contributed by atoms with Crippen LogP contribution in [-0.4, -0.2) is 48.1 Å². The van der Waals surface area contributed by atoms with E-state index in [2.05, 4.69) is 24.3 Å². The molecular weight excluding hydrogens is 345 g/mol. The lowest BCUT2D eigenvalue weighted by molar-refractivity contribution is -0.0332. The van der Waals surface area contributed by atoms with E-state index in [0.717, 1.165) is 0 Å². The first-order valence-electron chi connectivity index (χ1n) is 9.43. The quantitative estimate of drug-likeness (QED) is 0.890. The molecule has 1 aliphatic carbocycles. The number of alkyl halides is 1. The highest BCUT2D eigenvalue weighted by Gasteiger charge is 2.42. The maximum Gasteiger partial charge on any atom is 0.409 e. The molecule has 2 atom stereocenters. The SMILES string of the molecule is CC1CN(C(=O)OCC2c3ccccc3-c3ccccc32)CCC1(F)CO. The molecule has 1 saturated heterocycles. The Morgan fingerprint density at radius 3 is 2.33 bits per heavy atom. The number of piperidine rings is 1. The zero-order valence-corrected chi connectivity index (χ0v) is 15.4. The normalized spacial score (nSPS) is 24.4. The number of aliphatic hydroxyl groups excluding tert-OH is 1. The monoisotopic (exact) mass is 369 g/mol. The number of nitrogens with zero attached hydrogens (tertiary/aromatic N) is 1. The molecule has 2 unspecified atom stereocenters. The number of likely N-dealkylation sites (tertiary alicyclic amines) is 1. The van der Waals surface area contributed by atoms with Gasteiger partial charge in [-0.2, -0.15) is 0 Å². The lowest BCUT2D eigenvalue weighted by Crippen LogP contribution is -2.52. The van der Waals surface area contributed by atoms with Gasteiger partial charge in [0.1, 0.15) is 12.3 Å². The second-order valence-corrected chi connectivity index (χ2v) is 7.59. The number of aliphatic hydroxyl groups is 1. The van der Waals surface area contributed by atoms with Crippen LogP contribution in [0.4, 0.5) is 9.18 Å². The number of hydrogen-bond acceptors (Lipinski definition) is 3. The largest absolute Gasteiger partial charge is 0.448 e. The molecule has 2 aromatic rings. The van der Waals surface area contributed by atoms with Crippen molar-refractivity contribution < 1.29 is 19.0 Å².